The van der Waals surface area contributed by atoms with Gasteiger partial charge < -0.3 is 24.8 Å². The van der Waals surface area contributed by atoms with Crippen molar-refractivity contribution in [3.05, 3.63) is 57.5 Å². The summed E-state index contributed by atoms with van der Waals surface area (Å²) in [5, 5.41) is 10.8. The third-order valence-corrected chi connectivity index (χ3v) is 5.60. The van der Waals surface area contributed by atoms with Crippen LogP contribution in [0.15, 0.2) is 35.4 Å². The van der Waals surface area contributed by atoms with Gasteiger partial charge in [-0.15, -0.1) is 0 Å². The largest absolute Gasteiger partial charge is 0.496 e. The first kappa shape index (κ1) is 22.3. The number of pyridine rings is 1. The molecule has 31 heavy (non-hydrogen) atoms. The van der Waals surface area contributed by atoms with Crippen LogP contribution in [0.4, 0.5) is 0 Å². The number of nitrogens with zero attached hydrogens (tertiary/aromatic N) is 1. The molecule has 0 saturated carbocycles. The van der Waals surface area contributed by atoms with Gasteiger partial charge in [0.05, 0.1) is 19.4 Å². The second-order valence-electron chi connectivity index (χ2n) is 7.82. The SMILES string of the molecule is CCOC(=O)c1cn2c(cc1=O)-c1cc(OC)c(/C(C=N)=C/NC)cc1CC2C(C)C. The van der Waals surface area contributed by atoms with Crippen LogP contribution in [0.1, 0.15) is 48.3 Å². The van der Waals surface area contributed by atoms with E-state index in [0.29, 0.717) is 11.3 Å². The van der Waals surface area contributed by atoms with Crippen molar-refractivity contribution < 1.29 is 14.3 Å². The summed E-state index contributed by atoms with van der Waals surface area (Å²) in [5.74, 6) is 0.280. The van der Waals surface area contributed by atoms with E-state index in [-0.39, 0.29) is 29.6 Å². The third kappa shape index (κ3) is 4.13. The van der Waals surface area contributed by atoms with Crippen molar-refractivity contribution in [3.63, 3.8) is 0 Å². The number of allylic oxidation sites excluding steroid dienone is 1. The Balaban J connectivity index is 2.27. The summed E-state index contributed by atoms with van der Waals surface area (Å²) in [7, 11) is 3.37. The van der Waals surface area contributed by atoms with E-state index in [1.165, 1.54) is 12.3 Å². The van der Waals surface area contributed by atoms with E-state index in [4.69, 9.17) is 14.9 Å². The minimum absolute atomic E-state index is 0.0475. The second-order valence-corrected chi connectivity index (χ2v) is 7.82. The first-order valence-electron chi connectivity index (χ1n) is 10.4. The summed E-state index contributed by atoms with van der Waals surface area (Å²) in [4.78, 5) is 25.1. The maximum atomic E-state index is 12.8. The zero-order valence-corrected chi connectivity index (χ0v) is 18.6. The number of fused-ring (bicyclic) bond motifs is 3. The van der Waals surface area contributed by atoms with Crippen molar-refractivity contribution in [2.24, 2.45) is 5.92 Å². The molecule has 2 N–H and O–H groups in total. The minimum Gasteiger partial charge on any atom is -0.496 e. The van der Waals surface area contributed by atoms with Crippen molar-refractivity contribution in [3.8, 4) is 17.0 Å². The van der Waals surface area contributed by atoms with Crippen molar-refractivity contribution in [1.29, 1.82) is 5.41 Å². The van der Waals surface area contributed by atoms with Crippen molar-refractivity contribution in [2.45, 2.75) is 33.2 Å². The summed E-state index contributed by atoms with van der Waals surface area (Å²) in [6.07, 6.45) is 5.40. The molecule has 1 aromatic heterocycles. The van der Waals surface area contributed by atoms with Crippen LogP contribution in [0.3, 0.4) is 0 Å². The fraction of sp³-hybridized carbons (Fsp3) is 0.375. The monoisotopic (exact) mass is 423 g/mol. The standard InChI is InChI=1S/C24H29N3O4/c1-6-31-24(29)19-13-27-20(14(2)3)8-15-7-18(16(11-25)12-26-4)23(30-5)9-17(15)21(27)10-22(19)28/h7,9-14,20,25-26H,6,8H2,1-5H3/b16-12+,25-11?. The molecule has 1 aliphatic heterocycles. The summed E-state index contributed by atoms with van der Waals surface area (Å²) >= 11 is 0. The van der Waals surface area contributed by atoms with Crippen LogP contribution in [0, 0.1) is 11.3 Å². The van der Waals surface area contributed by atoms with Gasteiger partial charge in [0.15, 0.2) is 5.43 Å². The second kappa shape index (κ2) is 9.20. The predicted octanol–water partition coefficient (Wildman–Crippen LogP) is 3.66. The molecule has 164 valence electrons. The van der Waals surface area contributed by atoms with E-state index in [0.717, 1.165) is 28.8 Å². The molecule has 0 spiro atoms. The Labute approximate surface area is 182 Å². The topological polar surface area (TPSA) is 93.4 Å². The fourth-order valence-electron chi connectivity index (χ4n) is 4.06. The van der Waals surface area contributed by atoms with Gasteiger partial charge in [0.2, 0.25) is 0 Å². The molecule has 1 aromatic carbocycles. The van der Waals surface area contributed by atoms with E-state index < -0.39 is 5.97 Å². The highest BCUT2D eigenvalue weighted by atomic mass is 16.5. The molecular weight excluding hydrogens is 394 g/mol. The highest BCUT2D eigenvalue weighted by molar-refractivity contribution is 6.09. The van der Waals surface area contributed by atoms with Gasteiger partial charge in [0, 0.05) is 54.5 Å². The normalized spacial score (nSPS) is 15.2. The van der Waals surface area contributed by atoms with Crippen LogP contribution in [0.25, 0.3) is 16.8 Å². The van der Waals surface area contributed by atoms with Gasteiger partial charge in [-0.3, -0.25) is 4.79 Å². The lowest BCUT2D eigenvalue weighted by Gasteiger charge is -2.34. The zero-order chi connectivity index (χ0) is 22.7. The fourth-order valence-corrected chi connectivity index (χ4v) is 4.06. The number of methoxy groups -OCH3 is 1. The number of hydrogen-bond acceptors (Lipinski definition) is 6. The van der Waals surface area contributed by atoms with Crippen LogP contribution in [-0.4, -0.2) is 37.5 Å². The molecule has 0 fully saturated rings. The molecule has 1 unspecified atom stereocenters. The van der Waals surface area contributed by atoms with Crippen LogP contribution in [0.2, 0.25) is 0 Å². The molecular formula is C24H29N3O4. The molecule has 0 aliphatic carbocycles. The van der Waals surface area contributed by atoms with E-state index >= 15 is 0 Å². The molecule has 2 aromatic rings. The first-order chi connectivity index (χ1) is 14.9. The molecule has 0 radical (unpaired) electrons. The van der Waals surface area contributed by atoms with Gasteiger partial charge in [-0.2, -0.15) is 0 Å². The Kier molecular flexibility index (Phi) is 6.63. The molecule has 0 amide bonds. The number of esters is 1. The number of nitrogens with one attached hydrogen (secondary N) is 2. The van der Waals surface area contributed by atoms with E-state index in [1.54, 1.807) is 33.5 Å². The highest BCUT2D eigenvalue weighted by Gasteiger charge is 2.29. The number of hydrogen-bond donors (Lipinski definition) is 2. The summed E-state index contributed by atoms with van der Waals surface area (Å²) in [6, 6.07) is 5.52. The number of carbonyl (C=O) groups is 1. The summed E-state index contributed by atoms with van der Waals surface area (Å²) < 4.78 is 12.7. The van der Waals surface area contributed by atoms with Crippen LogP contribution in [-0.2, 0) is 11.2 Å². The quantitative estimate of drug-likeness (QED) is 0.524. The van der Waals surface area contributed by atoms with Gasteiger partial charge in [0.1, 0.15) is 11.3 Å². The van der Waals surface area contributed by atoms with E-state index in [2.05, 4.69) is 19.2 Å². The Morgan fingerprint density at radius 2 is 2.06 bits per heavy atom. The maximum absolute atomic E-state index is 12.8. The number of rotatable bonds is 7. The zero-order valence-electron chi connectivity index (χ0n) is 18.6. The lowest BCUT2D eigenvalue weighted by Crippen LogP contribution is -2.28. The molecule has 0 bridgehead atoms. The maximum Gasteiger partial charge on any atom is 0.343 e. The van der Waals surface area contributed by atoms with Gasteiger partial charge >= 0.3 is 5.97 Å². The molecule has 1 aliphatic rings. The van der Waals surface area contributed by atoms with Crippen molar-refractivity contribution >= 4 is 17.8 Å². The van der Waals surface area contributed by atoms with Crippen LogP contribution < -0.4 is 15.5 Å². The molecule has 7 heteroatoms. The Morgan fingerprint density at radius 3 is 2.65 bits per heavy atom. The average Bonchev–Trinajstić information content (AvgIpc) is 2.75. The van der Waals surface area contributed by atoms with Crippen LogP contribution >= 0.6 is 0 Å². The molecule has 0 saturated heterocycles. The predicted molar refractivity (Wildman–Crippen MR) is 122 cm³/mol. The Morgan fingerprint density at radius 1 is 1.32 bits per heavy atom. The average molecular weight is 424 g/mol. The highest BCUT2D eigenvalue weighted by Crippen LogP contribution is 2.41. The summed E-state index contributed by atoms with van der Waals surface area (Å²) in [6.45, 7) is 6.17. The molecule has 3 rings (SSSR count). The number of carbonyl (C=O) groups excluding carboxylic acids is 1. The third-order valence-electron chi connectivity index (χ3n) is 5.60. The lowest BCUT2D eigenvalue weighted by atomic mass is 9.85. The molecule has 1 atom stereocenters. The van der Waals surface area contributed by atoms with Crippen molar-refractivity contribution in [2.75, 3.05) is 20.8 Å². The molecule has 2 heterocycles. The van der Waals surface area contributed by atoms with Gasteiger partial charge in [-0.25, -0.2) is 4.79 Å². The number of aromatic nitrogens is 1. The summed E-state index contributed by atoms with van der Waals surface area (Å²) in [5.41, 5.74) is 3.90. The van der Waals surface area contributed by atoms with E-state index in [1.807, 2.05) is 16.7 Å². The van der Waals surface area contributed by atoms with Gasteiger partial charge in [-0.1, -0.05) is 13.8 Å². The minimum atomic E-state index is -0.600. The lowest BCUT2D eigenvalue weighted by molar-refractivity contribution is 0.0523. The van der Waals surface area contributed by atoms with E-state index in [9.17, 15) is 9.59 Å². The van der Waals surface area contributed by atoms with Gasteiger partial charge in [-0.05, 0) is 37.0 Å². The Bertz CT molecular complexity index is 1100. The molecule has 7 nitrogen and oxygen atoms in total. The number of ether oxygens (including phenoxy) is 2. The number of benzene rings is 1. The Hall–Kier alpha value is -3.35. The van der Waals surface area contributed by atoms with Gasteiger partial charge in [0.25, 0.3) is 0 Å². The van der Waals surface area contributed by atoms with Crippen molar-refractivity contribution in [1.82, 2.24) is 9.88 Å². The van der Waals surface area contributed by atoms with Crippen LogP contribution in [0.5, 0.6) is 5.75 Å². The smallest absolute Gasteiger partial charge is 0.343 e. The first-order valence-corrected chi connectivity index (χ1v) is 10.4.